The first-order valence-corrected chi connectivity index (χ1v) is 12.8. The molecule has 1 aliphatic heterocycles. The molecule has 0 amide bonds. The Hall–Kier alpha value is -1.07. The van der Waals surface area contributed by atoms with E-state index in [-0.39, 0.29) is 35.8 Å². The van der Waals surface area contributed by atoms with E-state index in [2.05, 4.69) is 27.8 Å². The second kappa shape index (κ2) is 12.8. The van der Waals surface area contributed by atoms with Gasteiger partial charge in [0, 0.05) is 32.7 Å². The van der Waals surface area contributed by atoms with Gasteiger partial charge in [-0.25, -0.2) is 12.7 Å². The SMILES string of the molecule is CCS(=O)(=O)N1CCC(NC(=NC)NCc2cccc(OC3CCCCC3)c2)CC1.I. The molecule has 0 unspecified atom stereocenters. The summed E-state index contributed by atoms with van der Waals surface area (Å²) in [5.74, 6) is 1.84. The Morgan fingerprint density at radius 1 is 1.16 bits per heavy atom. The Labute approximate surface area is 204 Å². The van der Waals surface area contributed by atoms with E-state index < -0.39 is 10.0 Å². The van der Waals surface area contributed by atoms with Crippen LogP contribution in [-0.4, -0.2) is 56.7 Å². The summed E-state index contributed by atoms with van der Waals surface area (Å²) in [5, 5.41) is 6.80. The molecule has 0 aromatic heterocycles. The summed E-state index contributed by atoms with van der Waals surface area (Å²) in [5.41, 5.74) is 1.15. The van der Waals surface area contributed by atoms with Crippen LogP contribution in [0.1, 0.15) is 57.4 Å². The van der Waals surface area contributed by atoms with Crippen molar-refractivity contribution in [3.05, 3.63) is 29.8 Å². The van der Waals surface area contributed by atoms with Gasteiger partial charge in [0.05, 0.1) is 11.9 Å². The zero-order chi connectivity index (χ0) is 21.4. The summed E-state index contributed by atoms with van der Waals surface area (Å²) in [4.78, 5) is 4.33. The predicted octanol–water partition coefficient (Wildman–Crippen LogP) is 3.50. The van der Waals surface area contributed by atoms with Crippen LogP contribution in [0.15, 0.2) is 29.3 Å². The molecule has 2 N–H and O–H groups in total. The molecule has 1 heterocycles. The smallest absolute Gasteiger partial charge is 0.213 e. The van der Waals surface area contributed by atoms with E-state index in [0.717, 1.165) is 43.0 Å². The van der Waals surface area contributed by atoms with Gasteiger partial charge >= 0.3 is 0 Å². The minimum atomic E-state index is -3.09. The fourth-order valence-electron chi connectivity index (χ4n) is 4.14. The van der Waals surface area contributed by atoms with Crippen molar-refractivity contribution in [3.8, 4) is 5.75 Å². The van der Waals surface area contributed by atoms with E-state index in [9.17, 15) is 8.42 Å². The fraction of sp³-hybridized carbons (Fsp3) is 0.682. The number of sulfonamides is 1. The number of halogens is 1. The number of rotatable bonds is 7. The molecule has 3 rings (SSSR count). The van der Waals surface area contributed by atoms with E-state index in [1.807, 2.05) is 12.1 Å². The quantitative estimate of drug-likeness (QED) is 0.301. The first-order chi connectivity index (χ1) is 14.5. The van der Waals surface area contributed by atoms with Crippen molar-refractivity contribution in [2.24, 2.45) is 4.99 Å². The van der Waals surface area contributed by atoms with Crippen molar-refractivity contribution < 1.29 is 13.2 Å². The van der Waals surface area contributed by atoms with Gasteiger partial charge in [-0.1, -0.05) is 18.6 Å². The Morgan fingerprint density at radius 3 is 2.52 bits per heavy atom. The van der Waals surface area contributed by atoms with E-state index in [4.69, 9.17) is 4.74 Å². The molecule has 2 aliphatic rings. The molecule has 0 bridgehead atoms. The molecule has 2 fully saturated rings. The molecule has 1 aromatic rings. The van der Waals surface area contributed by atoms with Crippen LogP contribution in [0.3, 0.4) is 0 Å². The van der Waals surface area contributed by atoms with Crippen molar-refractivity contribution in [3.63, 3.8) is 0 Å². The number of aliphatic imine (C=N–C) groups is 1. The third-order valence-electron chi connectivity index (χ3n) is 5.99. The molecule has 1 aromatic carbocycles. The van der Waals surface area contributed by atoms with E-state index >= 15 is 0 Å². The van der Waals surface area contributed by atoms with E-state index in [0.29, 0.717) is 25.7 Å². The average molecular weight is 565 g/mol. The number of guanidine groups is 1. The average Bonchev–Trinajstić information content (AvgIpc) is 2.78. The minimum absolute atomic E-state index is 0. The number of hydrogen-bond acceptors (Lipinski definition) is 4. The molecular weight excluding hydrogens is 527 g/mol. The van der Waals surface area contributed by atoms with Crippen LogP contribution in [-0.2, 0) is 16.6 Å². The molecule has 0 radical (unpaired) electrons. The number of nitrogens with one attached hydrogen (secondary N) is 2. The van der Waals surface area contributed by atoms with Gasteiger partial charge in [-0.2, -0.15) is 0 Å². The van der Waals surface area contributed by atoms with Crippen LogP contribution >= 0.6 is 24.0 Å². The number of ether oxygens (including phenoxy) is 1. The predicted molar refractivity (Wildman–Crippen MR) is 137 cm³/mol. The van der Waals surface area contributed by atoms with Crippen molar-refractivity contribution in [1.29, 1.82) is 0 Å². The van der Waals surface area contributed by atoms with Crippen LogP contribution in [0.4, 0.5) is 0 Å². The van der Waals surface area contributed by atoms with Crippen molar-refractivity contribution in [2.45, 2.75) is 70.6 Å². The maximum absolute atomic E-state index is 12.0. The normalized spacial score (nSPS) is 19.5. The largest absolute Gasteiger partial charge is 0.490 e. The molecule has 1 saturated heterocycles. The molecule has 1 saturated carbocycles. The summed E-state index contributed by atoms with van der Waals surface area (Å²) in [6, 6.07) is 8.48. The summed E-state index contributed by atoms with van der Waals surface area (Å²) < 4.78 is 31.8. The van der Waals surface area contributed by atoms with E-state index in [1.54, 1.807) is 18.3 Å². The fourth-order valence-corrected chi connectivity index (χ4v) is 5.27. The van der Waals surface area contributed by atoms with Crippen molar-refractivity contribution >= 4 is 40.0 Å². The number of piperidine rings is 1. The molecule has 176 valence electrons. The highest BCUT2D eigenvalue weighted by molar-refractivity contribution is 14.0. The lowest BCUT2D eigenvalue weighted by atomic mass is 9.98. The van der Waals surface area contributed by atoms with Crippen LogP contribution in [0.5, 0.6) is 5.75 Å². The monoisotopic (exact) mass is 564 g/mol. The van der Waals surface area contributed by atoms with Crippen LogP contribution in [0.2, 0.25) is 0 Å². The summed E-state index contributed by atoms with van der Waals surface area (Å²) >= 11 is 0. The highest BCUT2D eigenvalue weighted by Gasteiger charge is 2.27. The maximum atomic E-state index is 12.0. The zero-order valence-electron chi connectivity index (χ0n) is 18.7. The Bertz CT molecular complexity index is 805. The van der Waals surface area contributed by atoms with Crippen LogP contribution in [0, 0.1) is 0 Å². The lowest BCUT2D eigenvalue weighted by Gasteiger charge is -2.32. The molecule has 31 heavy (non-hydrogen) atoms. The summed E-state index contributed by atoms with van der Waals surface area (Å²) in [6.45, 7) is 3.47. The Kier molecular flexibility index (Phi) is 10.8. The second-order valence-corrected chi connectivity index (χ2v) is 10.4. The minimum Gasteiger partial charge on any atom is -0.490 e. The van der Waals surface area contributed by atoms with Crippen molar-refractivity contribution in [2.75, 3.05) is 25.9 Å². The van der Waals surface area contributed by atoms with Gasteiger partial charge in [-0.3, -0.25) is 4.99 Å². The van der Waals surface area contributed by atoms with Crippen LogP contribution in [0.25, 0.3) is 0 Å². The number of nitrogens with zero attached hydrogens (tertiary/aromatic N) is 2. The lowest BCUT2D eigenvalue weighted by molar-refractivity contribution is 0.155. The van der Waals surface area contributed by atoms with Crippen molar-refractivity contribution in [1.82, 2.24) is 14.9 Å². The molecule has 0 atom stereocenters. The van der Waals surface area contributed by atoms with Gasteiger partial charge in [-0.15, -0.1) is 24.0 Å². The standard InChI is InChI=1S/C22H36N4O3S.HI/c1-3-30(27,28)26-14-12-19(13-15-26)25-22(23-2)24-17-18-8-7-11-21(16-18)29-20-9-5-4-6-10-20;/h7-8,11,16,19-20H,3-6,9-10,12-15,17H2,1-2H3,(H2,23,24,25);1H. The van der Waals surface area contributed by atoms with Gasteiger partial charge < -0.3 is 15.4 Å². The summed E-state index contributed by atoms with van der Waals surface area (Å²) in [6.07, 6.45) is 8.06. The van der Waals surface area contributed by atoms with Gasteiger partial charge in [0.15, 0.2) is 5.96 Å². The lowest BCUT2D eigenvalue weighted by Crippen LogP contribution is -2.49. The van der Waals surface area contributed by atoms with Gasteiger partial charge in [0.25, 0.3) is 0 Å². The maximum Gasteiger partial charge on any atom is 0.213 e. The Balaban J connectivity index is 0.00000341. The highest BCUT2D eigenvalue weighted by Crippen LogP contribution is 2.24. The molecule has 0 spiro atoms. The second-order valence-electron chi connectivity index (χ2n) is 8.17. The third kappa shape index (κ3) is 8.09. The molecule has 1 aliphatic carbocycles. The molecule has 7 nitrogen and oxygen atoms in total. The molecule has 9 heteroatoms. The summed E-state index contributed by atoms with van der Waals surface area (Å²) in [7, 11) is -1.33. The van der Waals surface area contributed by atoms with E-state index in [1.165, 1.54) is 19.3 Å². The Morgan fingerprint density at radius 2 is 1.87 bits per heavy atom. The topological polar surface area (TPSA) is 83.0 Å². The first kappa shape index (κ1) is 26.2. The van der Waals surface area contributed by atoms with Gasteiger partial charge in [-0.05, 0) is 63.1 Å². The van der Waals surface area contributed by atoms with Gasteiger partial charge in [0.2, 0.25) is 10.0 Å². The molecular formula is C22H37IN4O3S. The van der Waals surface area contributed by atoms with Gasteiger partial charge in [0.1, 0.15) is 5.75 Å². The highest BCUT2D eigenvalue weighted by atomic mass is 127. The number of benzene rings is 1. The number of hydrogen-bond donors (Lipinski definition) is 2. The zero-order valence-corrected chi connectivity index (χ0v) is 21.8. The van der Waals surface area contributed by atoms with Crippen LogP contribution < -0.4 is 15.4 Å². The third-order valence-corrected chi connectivity index (χ3v) is 7.87. The first-order valence-electron chi connectivity index (χ1n) is 11.2.